The fourth-order valence-corrected chi connectivity index (χ4v) is 3.09. The Morgan fingerprint density at radius 2 is 1.88 bits per heavy atom. The molecule has 118 valence electrons. The molecule has 0 fully saturated rings. The predicted octanol–water partition coefficient (Wildman–Crippen LogP) is 4.81. The van der Waals surface area contributed by atoms with Gasteiger partial charge in [0, 0.05) is 11.8 Å². The SMILES string of the molecule is Cc1ccc(/C=C/C(=O)Nc2ccc3c(c2)-c2ccccc2C3)o1. The molecule has 0 radical (unpaired) electrons. The standard InChI is InChI=1S/C21H17NO2/c1-14-6-9-18(24-14)10-11-21(23)22-17-8-7-16-12-15-4-2-3-5-19(15)20(16)13-17/h2-11,13H,12H2,1H3,(H,22,23)/b11-10+. The highest BCUT2D eigenvalue weighted by Crippen LogP contribution is 2.37. The number of carbonyl (C=O) groups is 1. The van der Waals surface area contributed by atoms with Gasteiger partial charge in [0.2, 0.25) is 5.91 Å². The van der Waals surface area contributed by atoms with Crippen LogP contribution in [0, 0.1) is 6.92 Å². The van der Waals surface area contributed by atoms with Crippen LogP contribution in [-0.2, 0) is 11.2 Å². The largest absolute Gasteiger partial charge is 0.462 e. The first kappa shape index (κ1) is 14.5. The number of hydrogen-bond acceptors (Lipinski definition) is 2. The van der Waals surface area contributed by atoms with Crippen molar-refractivity contribution in [3.05, 3.63) is 83.3 Å². The Balaban J connectivity index is 1.52. The minimum atomic E-state index is -0.171. The summed E-state index contributed by atoms with van der Waals surface area (Å²) in [5, 5.41) is 2.91. The molecule has 3 heteroatoms. The molecule has 1 aliphatic carbocycles. The van der Waals surface area contributed by atoms with Crippen LogP contribution in [0.2, 0.25) is 0 Å². The van der Waals surface area contributed by atoms with Gasteiger partial charge in [-0.1, -0.05) is 30.3 Å². The molecule has 0 spiro atoms. The van der Waals surface area contributed by atoms with Gasteiger partial charge in [-0.2, -0.15) is 0 Å². The van der Waals surface area contributed by atoms with Crippen molar-refractivity contribution in [3.8, 4) is 11.1 Å². The zero-order chi connectivity index (χ0) is 16.5. The van der Waals surface area contributed by atoms with Crippen molar-refractivity contribution in [1.29, 1.82) is 0 Å². The van der Waals surface area contributed by atoms with Crippen LogP contribution in [0.4, 0.5) is 5.69 Å². The summed E-state index contributed by atoms with van der Waals surface area (Å²) in [7, 11) is 0. The number of fused-ring (bicyclic) bond motifs is 3. The van der Waals surface area contributed by atoms with Crippen molar-refractivity contribution < 1.29 is 9.21 Å². The molecule has 2 aromatic carbocycles. The molecule has 1 N–H and O–H groups in total. The number of aryl methyl sites for hydroxylation is 1. The third kappa shape index (κ3) is 2.76. The monoisotopic (exact) mass is 315 g/mol. The Morgan fingerprint density at radius 1 is 1.04 bits per heavy atom. The maximum atomic E-state index is 12.1. The lowest BCUT2D eigenvalue weighted by Gasteiger charge is -2.06. The van der Waals surface area contributed by atoms with Gasteiger partial charge in [-0.05, 0) is 65.9 Å². The van der Waals surface area contributed by atoms with Crippen LogP contribution in [0.25, 0.3) is 17.2 Å². The summed E-state index contributed by atoms with van der Waals surface area (Å²) in [4.78, 5) is 12.1. The molecule has 1 aliphatic rings. The van der Waals surface area contributed by atoms with E-state index in [-0.39, 0.29) is 5.91 Å². The van der Waals surface area contributed by atoms with Crippen molar-refractivity contribution in [1.82, 2.24) is 0 Å². The van der Waals surface area contributed by atoms with E-state index < -0.39 is 0 Å². The van der Waals surface area contributed by atoms with Crippen LogP contribution in [0.3, 0.4) is 0 Å². The predicted molar refractivity (Wildman–Crippen MR) is 95.8 cm³/mol. The number of rotatable bonds is 3. The molecular weight excluding hydrogens is 298 g/mol. The van der Waals surface area contributed by atoms with Crippen LogP contribution in [0.5, 0.6) is 0 Å². The smallest absolute Gasteiger partial charge is 0.248 e. The number of carbonyl (C=O) groups excluding carboxylic acids is 1. The molecule has 1 heterocycles. The first-order chi connectivity index (χ1) is 11.7. The molecule has 3 nitrogen and oxygen atoms in total. The van der Waals surface area contributed by atoms with Gasteiger partial charge in [0.05, 0.1) is 0 Å². The van der Waals surface area contributed by atoms with Gasteiger partial charge in [-0.15, -0.1) is 0 Å². The molecule has 0 bridgehead atoms. The van der Waals surface area contributed by atoms with Gasteiger partial charge in [0.1, 0.15) is 11.5 Å². The average Bonchev–Trinajstić information content (AvgIpc) is 3.16. The van der Waals surface area contributed by atoms with E-state index in [1.165, 1.54) is 28.3 Å². The van der Waals surface area contributed by atoms with Crippen LogP contribution in [0.15, 0.2) is 65.1 Å². The zero-order valence-corrected chi connectivity index (χ0v) is 13.4. The zero-order valence-electron chi connectivity index (χ0n) is 13.4. The molecule has 0 saturated carbocycles. The van der Waals surface area contributed by atoms with E-state index in [1.807, 2.05) is 37.3 Å². The molecular formula is C21H17NO2. The Kier molecular flexibility index (Phi) is 3.54. The quantitative estimate of drug-likeness (QED) is 0.551. The third-order valence-corrected chi connectivity index (χ3v) is 4.23. The minimum absolute atomic E-state index is 0.171. The van der Waals surface area contributed by atoms with E-state index in [2.05, 4.69) is 29.6 Å². The second-order valence-electron chi connectivity index (χ2n) is 5.98. The Morgan fingerprint density at radius 3 is 2.71 bits per heavy atom. The van der Waals surface area contributed by atoms with Crippen LogP contribution in [0.1, 0.15) is 22.6 Å². The Bertz CT molecular complexity index is 950. The highest BCUT2D eigenvalue weighted by atomic mass is 16.3. The van der Waals surface area contributed by atoms with Gasteiger partial charge < -0.3 is 9.73 Å². The first-order valence-electron chi connectivity index (χ1n) is 7.96. The molecule has 3 aromatic rings. The average molecular weight is 315 g/mol. The van der Waals surface area contributed by atoms with E-state index in [9.17, 15) is 4.79 Å². The van der Waals surface area contributed by atoms with E-state index in [0.717, 1.165) is 17.9 Å². The van der Waals surface area contributed by atoms with Crippen LogP contribution >= 0.6 is 0 Å². The summed E-state index contributed by atoms with van der Waals surface area (Å²) in [6.45, 7) is 1.87. The molecule has 24 heavy (non-hydrogen) atoms. The fraction of sp³-hybridized carbons (Fsp3) is 0.0952. The molecule has 1 aromatic heterocycles. The van der Waals surface area contributed by atoms with Gasteiger partial charge in [0.15, 0.2) is 0 Å². The maximum absolute atomic E-state index is 12.1. The van der Waals surface area contributed by atoms with E-state index >= 15 is 0 Å². The molecule has 4 rings (SSSR count). The lowest BCUT2D eigenvalue weighted by Crippen LogP contribution is -2.07. The summed E-state index contributed by atoms with van der Waals surface area (Å²) in [5.41, 5.74) is 5.90. The van der Waals surface area contributed by atoms with Crippen LogP contribution < -0.4 is 5.32 Å². The topological polar surface area (TPSA) is 42.2 Å². The van der Waals surface area contributed by atoms with Crippen molar-refractivity contribution in [2.45, 2.75) is 13.3 Å². The Hall–Kier alpha value is -3.07. The summed E-state index contributed by atoms with van der Waals surface area (Å²) in [5.74, 6) is 1.33. The molecule has 0 atom stereocenters. The number of amides is 1. The minimum Gasteiger partial charge on any atom is -0.462 e. The van der Waals surface area contributed by atoms with Gasteiger partial charge in [-0.3, -0.25) is 4.79 Å². The van der Waals surface area contributed by atoms with E-state index in [0.29, 0.717) is 5.76 Å². The Labute approximate surface area is 140 Å². The normalized spacial score (nSPS) is 12.2. The highest BCUT2D eigenvalue weighted by molar-refractivity contribution is 6.02. The maximum Gasteiger partial charge on any atom is 0.248 e. The summed E-state index contributed by atoms with van der Waals surface area (Å²) in [6, 6.07) is 18.2. The van der Waals surface area contributed by atoms with Crippen LogP contribution in [-0.4, -0.2) is 5.91 Å². The molecule has 0 saturated heterocycles. The number of furan rings is 1. The lowest BCUT2D eigenvalue weighted by atomic mass is 10.1. The first-order valence-corrected chi connectivity index (χ1v) is 7.96. The summed E-state index contributed by atoms with van der Waals surface area (Å²) < 4.78 is 5.42. The highest BCUT2D eigenvalue weighted by Gasteiger charge is 2.18. The number of hydrogen-bond donors (Lipinski definition) is 1. The molecule has 0 aliphatic heterocycles. The van der Waals surface area contributed by atoms with Gasteiger partial charge >= 0.3 is 0 Å². The molecule has 0 unspecified atom stereocenters. The third-order valence-electron chi connectivity index (χ3n) is 4.23. The molecule has 1 amide bonds. The van der Waals surface area contributed by atoms with Crippen molar-refractivity contribution in [2.24, 2.45) is 0 Å². The van der Waals surface area contributed by atoms with Crippen molar-refractivity contribution >= 4 is 17.7 Å². The van der Waals surface area contributed by atoms with Gasteiger partial charge in [0.25, 0.3) is 0 Å². The summed E-state index contributed by atoms with van der Waals surface area (Å²) in [6.07, 6.45) is 4.11. The number of anilines is 1. The number of benzene rings is 2. The summed E-state index contributed by atoms with van der Waals surface area (Å²) >= 11 is 0. The fourth-order valence-electron chi connectivity index (χ4n) is 3.09. The van der Waals surface area contributed by atoms with E-state index in [1.54, 1.807) is 6.08 Å². The van der Waals surface area contributed by atoms with Crippen molar-refractivity contribution in [2.75, 3.05) is 5.32 Å². The van der Waals surface area contributed by atoms with E-state index in [4.69, 9.17) is 4.42 Å². The second-order valence-corrected chi connectivity index (χ2v) is 5.98. The van der Waals surface area contributed by atoms with Crippen molar-refractivity contribution in [3.63, 3.8) is 0 Å². The number of nitrogens with one attached hydrogen (secondary N) is 1. The lowest BCUT2D eigenvalue weighted by molar-refractivity contribution is -0.111. The van der Waals surface area contributed by atoms with Gasteiger partial charge in [-0.25, -0.2) is 0 Å². The second kappa shape index (κ2) is 5.85.